The number of para-hydroxylation sites is 1. The molecular formula is C27H31N3O3S. The fraction of sp³-hybridized carbons (Fsp3) is 0.333. The fourth-order valence-corrected chi connectivity index (χ4v) is 7.12. The van der Waals surface area contributed by atoms with E-state index in [4.69, 9.17) is 5.73 Å². The van der Waals surface area contributed by atoms with Crippen molar-refractivity contribution in [2.24, 2.45) is 5.92 Å². The van der Waals surface area contributed by atoms with Gasteiger partial charge in [0.15, 0.2) is 0 Å². The van der Waals surface area contributed by atoms with Crippen molar-refractivity contribution in [1.82, 2.24) is 4.31 Å². The molecule has 178 valence electrons. The van der Waals surface area contributed by atoms with Crippen molar-refractivity contribution in [3.05, 3.63) is 73.7 Å². The van der Waals surface area contributed by atoms with Crippen LogP contribution in [0.15, 0.2) is 65.6 Å². The first-order valence-corrected chi connectivity index (χ1v) is 13.1. The van der Waals surface area contributed by atoms with Crippen LogP contribution in [0.3, 0.4) is 0 Å². The molecule has 6 nitrogen and oxygen atoms in total. The van der Waals surface area contributed by atoms with E-state index < -0.39 is 10.0 Å². The van der Waals surface area contributed by atoms with E-state index in [2.05, 4.69) is 5.32 Å². The molecule has 1 aliphatic heterocycles. The fourth-order valence-electron chi connectivity index (χ4n) is 5.38. The summed E-state index contributed by atoms with van der Waals surface area (Å²) in [6, 6.07) is 17.7. The molecule has 7 heteroatoms. The van der Waals surface area contributed by atoms with E-state index in [0.29, 0.717) is 34.3 Å². The first-order chi connectivity index (χ1) is 15.9. The number of carbonyl (C=O) groups excluding carboxylic acids is 1. The van der Waals surface area contributed by atoms with Crippen LogP contribution >= 0.6 is 0 Å². The normalized spacial score (nSPS) is 20.8. The standard InChI is InChI=1S/C26H29N3O3S.CH2/c27-24-11-2-1-10-23(24)26(30)28-25-12-4-8-19-17-21(13-14-22(19)25)33(31,32)29-15-5-7-18-6-3-9-20(29)16-18;/h1-2,4,8,10-14,17-18,20H,3,5-7,9,15-16,27H2,(H,28,30);1H2. The van der Waals surface area contributed by atoms with E-state index >= 15 is 0 Å². The highest BCUT2D eigenvalue weighted by Crippen LogP contribution is 2.37. The maximum Gasteiger partial charge on any atom is 0.257 e. The molecule has 34 heavy (non-hydrogen) atoms. The molecule has 1 saturated carbocycles. The van der Waals surface area contributed by atoms with Gasteiger partial charge in [-0.3, -0.25) is 4.79 Å². The van der Waals surface area contributed by atoms with Crippen LogP contribution in [0, 0.1) is 13.3 Å². The zero-order valence-corrected chi connectivity index (χ0v) is 20.1. The topological polar surface area (TPSA) is 92.5 Å². The average Bonchev–Trinajstić information content (AvgIpc) is 2.96. The molecule has 2 fully saturated rings. The van der Waals surface area contributed by atoms with Crippen LogP contribution in [0.2, 0.25) is 0 Å². The number of nitrogens with zero attached hydrogens (tertiary/aromatic N) is 1. The van der Waals surface area contributed by atoms with E-state index in [0.717, 1.165) is 42.9 Å². The van der Waals surface area contributed by atoms with Crippen LogP contribution in [0.5, 0.6) is 0 Å². The van der Waals surface area contributed by atoms with Gasteiger partial charge in [0.1, 0.15) is 0 Å². The van der Waals surface area contributed by atoms with Crippen molar-refractivity contribution < 1.29 is 13.2 Å². The van der Waals surface area contributed by atoms with Crippen LogP contribution in [0.25, 0.3) is 10.8 Å². The van der Waals surface area contributed by atoms with E-state index in [1.54, 1.807) is 46.8 Å². The lowest BCUT2D eigenvalue weighted by molar-refractivity contribution is 0.102. The van der Waals surface area contributed by atoms with Crippen molar-refractivity contribution in [1.29, 1.82) is 0 Å². The number of amides is 1. The Morgan fingerprint density at radius 3 is 2.59 bits per heavy atom. The van der Waals surface area contributed by atoms with Gasteiger partial charge in [-0.25, -0.2) is 8.42 Å². The quantitative estimate of drug-likeness (QED) is 0.496. The summed E-state index contributed by atoms with van der Waals surface area (Å²) in [6.07, 6.45) is 6.30. The lowest BCUT2D eigenvalue weighted by Gasteiger charge is -2.33. The van der Waals surface area contributed by atoms with Crippen molar-refractivity contribution in [2.45, 2.75) is 49.5 Å². The number of nitrogens with two attached hydrogens (primary N) is 1. The second kappa shape index (κ2) is 9.76. The molecular weight excluding hydrogens is 446 g/mol. The molecule has 2 bridgehead atoms. The maximum absolute atomic E-state index is 13.6. The van der Waals surface area contributed by atoms with Crippen molar-refractivity contribution >= 4 is 38.1 Å². The number of sulfonamides is 1. The van der Waals surface area contributed by atoms with Crippen molar-refractivity contribution in [3.63, 3.8) is 0 Å². The molecule has 0 spiro atoms. The predicted octanol–water partition coefficient (Wildman–Crippen LogP) is 5.34. The van der Waals surface area contributed by atoms with Gasteiger partial charge in [-0.1, -0.05) is 50.6 Å². The van der Waals surface area contributed by atoms with E-state index in [1.807, 2.05) is 18.2 Å². The Kier molecular flexibility index (Phi) is 6.96. The first kappa shape index (κ1) is 24.2. The second-order valence-corrected chi connectivity index (χ2v) is 11.1. The SMILES string of the molecule is Nc1ccccc1C(=O)Nc1cccc2cc(S(=O)(=O)N3CCCC4CCCC3C4)ccc12.[CH2]. The molecule has 2 atom stereocenters. The number of carbonyl (C=O) groups is 1. The molecule has 2 aliphatic rings. The van der Waals surface area contributed by atoms with Crippen LogP contribution in [0.1, 0.15) is 48.9 Å². The molecule has 3 aromatic carbocycles. The zero-order valence-electron chi connectivity index (χ0n) is 19.2. The van der Waals surface area contributed by atoms with Crippen LogP contribution in [-0.4, -0.2) is 31.2 Å². The Morgan fingerprint density at radius 1 is 0.971 bits per heavy atom. The summed E-state index contributed by atoms with van der Waals surface area (Å²) < 4.78 is 29.0. The number of fused-ring (bicyclic) bond motifs is 3. The number of hydrogen-bond acceptors (Lipinski definition) is 4. The molecule has 1 heterocycles. The average molecular weight is 478 g/mol. The summed E-state index contributed by atoms with van der Waals surface area (Å²) in [5.74, 6) is 0.360. The number of nitrogens with one attached hydrogen (secondary N) is 1. The van der Waals surface area contributed by atoms with Gasteiger partial charge >= 0.3 is 0 Å². The minimum absolute atomic E-state index is 0. The van der Waals surface area contributed by atoms with Crippen LogP contribution < -0.4 is 11.1 Å². The summed E-state index contributed by atoms with van der Waals surface area (Å²) in [4.78, 5) is 13.1. The van der Waals surface area contributed by atoms with Gasteiger partial charge in [-0.2, -0.15) is 4.31 Å². The summed E-state index contributed by atoms with van der Waals surface area (Å²) in [7, 11) is -3.58. The molecule has 5 rings (SSSR count). The molecule has 1 amide bonds. The van der Waals surface area contributed by atoms with Gasteiger partial charge in [-0.15, -0.1) is 0 Å². The van der Waals surface area contributed by atoms with E-state index in [-0.39, 0.29) is 19.4 Å². The van der Waals surface area contributed by atoms with E-state index in [1.165, 1.54) is 6.42 Å². The maximum atomic E-state index is 13.6. The van der Waals surface area contributed by atoms with Crippen molar-refractivity contribution in [3.8, 4) is 0 Å². The third kappa shape index (κ3) is 4.55. The highest BCUT2D eigenvalue weighted by atomic mass is 32.2. The Hall–Kier alpha value is -2.90. The van der Waals surface area contributed by atoms with Gasteiger partial charge in [0.2, 0.25) is 10.0 Å². The van der Waals surface area contributed by atoms with Crippen LogP contribution in [0.4, 0.5) is 11.4 Å². The second-order valence-electron chi connectivity index (χ2n) is 9.17. The minimum atomic E-state index is -3.58. The minimum Gasteiger partial charge on any atom is -0.398 e. The van der Waals surface area contributed by atoms with Gasteiger partial charge in [0, 0.05) is 29.3 Å². The van der Waals surface area contributed by atoms with Crippen LogP contribution in [-0.2, 0) is 10.0 Å². The Bertz CT molecular complexity index is 1310. The molecule has 2 unspecified atom stereocenters. The molecule has 1 saturated heterocycles. The summed E-state index contributed by atoms with van der Waals surface area (Å²) >= 11 is 0. The molecule has 3 aromatic rings. The number of rotatable bonds is 4. The molecule has 3 N–H and O–H groups in total. The number of benzene rings is 3. The summed E-state index contributed by atoms with van der Waals surface area (Å²) in [5.41, 5.74) is 7.37. The summed E-state index contributed by atoms with van der Waals surface area (Å²) in [6.45, 7) is 0.593. The largest absolute Gasteiger partial charge is 0.398 e. The summed E-state index contributed by atoms with van der Waals surface area (Å²) in [5, 5.41) is 4.48. The van der Waals surface area contributed by atoms with Gasteiger partial charge in [0.25, 0.3) is 5.91 Å². The van der Waals surface area contributed by atoms with E-state index in [9.17, 15) is 13.2 Å². The third-order valence-corrected chi connectivity index (χ3v) is 9.01. The number of hydrogen-bond donors (Lipinski definition) is 2. The monoisotopic (exact) mass is 477 g/mol. The zero-order chi connectivity index (χ0) is 23.0. The Labute approximate surface area is 202 Å². The molecule has 1 aliphatic carbocycles. The highest BCUT2D eigenvalue weighted by Gasteiger charge is 2.36. The van der Waals surface area contributed by atoms with Gasteiger partial charge < -0.3 is 11.1 Å². The molecule has 2 radical (unpaired) electrons. The number of nitrogen functional groups attached to an aromatic ring is 1. The number of anilines is 2. The van der Waals surface area contributed by atoms with Crippen molar-refractivity contribution in [2.75, 3.05) is 17.6 Å². The van der Waals surface area contributed by atoms with Gasteiger partial charge in [0.05, 0.1) is 10.5 Å². The Balaban J connectivity index is 0.00000274. The highest BCUT2D eigenvalue weighted by molar-refractivity contribution is 7.89. The lowest BCUT2D eigenvalue weighted by atomic mass is 9.84. The first-order valence-electron chi connectivity index (χ1n) is 11.6. The van der Waals surface area contributed by atoms with Gasteiger partial charge in [-0.05, 0) is 67.3 Å². The smallest absolute Gasteiger partial charge is 0.257 e. The lowest BCUT2D eigenvalue weighted by Crippen LogP contribution is -2.41. The predicted molar refractivity (Wildman–Crippen MR) is 137 cm³/mol. The third-order valence-electron chi connectivity index (χ3n) is 7.07. The molecule has 0 aromatic heterocycles. The Morgan fingerprint density at radius 2 is 1.76 bits per heavy atom.